The first-order chi connectivity index (χ1) is 16.1. The SMILES string of the molecule is CC.CCCCCNC(=O)CCCCNC(=O)C(Cc1ccc(-c2ccccc2)cc1)NC. The lowest BCUT2D eigenvalue weighted by molar-refractivity contribution is -0.123. The molecule has 0 bridgehead atoms. The molecular formula is C28H43N3O2. The summed E-state index contributed by atoms with van der Waals surface area (Å²) in [6, 6.07) is 18.4. The summed E-state index contributed by atoms with van der Waals surface area (Å²) in [5.41, 5.74) is 3.48. The summed E-state index contributed by atoms with van der Waals surface area (Å²) in [6.07, 6.45) is 6.08. The Morgan fingerprint density at radius 3 is 2.03 bits per heavy atom. The Bertz CT molecular complexity index is 775. The third-order valence-corrected chi connectivity index (χ3v) is 5.40. The summed E-state index contributed by atoms with van der Waals surface area (Å²) < 4.78 is 0. The van der Waals surface area contributed by atoms with Crippen LogP contribution in [-0.2, 0) is 16.0 Å². The van der Waals surface area contributed by atoms with Crippen molar-refractivity contribution < 1.29 is 9.59 Å². The smallest absolute Gasteiger partial charge is 0.237 e. The molecule has 2 aromatic carbocycles. The maximum atomic E-state index is 12.5. The molecule has 5 heteroatoms. The summed E-state index contributed by atoms with van der Waals surface area (Å²) in [6.45, 7) is 7.50. The number of unbranched alkanes of at least 4 members (excludes halogenated alkanes) is 3. The average Bonchev–Trinajstić information content (AvgIpc) is 2.87. The standard InChI is InChI=1S/C26H37N3O2.C2H6/c1-3-4-9-18-28-25(30)13-8-10-19-29-26(31)24(27-2)20-21-14-16-23(17-15-21)22-11-6-5-7-12-22;1-2/h5-7,11-12,14-17,24,27H,3-4,8-10,13,18-20H2,1-2H3,(H,28,30)(H,29,31);1-2H3. The van der Waals surface area contributed by atoms with Crippen LogP contribution in [0.2, 0.25) is 0 Å². The van der Waals surface area contributed by atoms with Gasteiger partial charge >= 0.3 is 0 Å². The predicted octanol–water partition coefficient (Wildman–Crippen LogP) is 5.10. The van der Waals surface area contributed by atoms with Crippen molar-refractivity contribution >= 4 is 11.8 Å². The van der Waals surface area contributed by atoms with E-state index in [0.717, 1.165) is 44.2 Å². The van der Waals surface area contributed by atoms with E-state index in [9.17, 15) is 9.59 Å². The second kappa shape index (κ2) is 17.8. The molecule has 0 saturated carbocycles. The van der Waals surface area contributed by atoms with Crippen LogP contribution in [0, 0.1) is 0 Å². The molecule has 0 aromatic heterocycles. The van der Waals surface area contributed by atoms with E-state index in [0.29, 0.717) is 19.4 Å². The highest BCUT2D eigenvalue weighted by atomic mass is 16.2. The number of hydrogen-bond acceptors (Lipinski definition) is 3. The second-order valence-corrected chi connectivity index (χ2v) is 7.91. The number of hydrogen-bond donors (Lipinski definition) is 3. The maximum absolute atomic E-state index is 12.5. The zero-order chi connectivity index (χ0) is 24.3. The Labute approximate surface area is 200 Å². The van der Waals surface area contributed by atoms with Crippen molar-refractivity contribution in [1.82, 2.24) is 16.0 Å². The number of amides is 2. The third-order valence-electron chi connectivity index (χ3n) is 5.40. The van der Waals surface area contributed by atoms with Gasteiger partial charge in [0.2, 0.25) is 11.8 Å². The van der Waals surface area contributed by atoms with Crippen molar-refractivity contribution in [2.75, 3.05) is 20.1 Å². The van der Waals surface area contributed by atoms with Crippen molar-refractivity contribution in [1.29, 1.82) is 0 Å². The van der Waals surface area contributed by atoms with Crippen molar-refractivity contribution in [3.05, 3.63) is 60.2 Å². The van der Waals surface area contributed by atoms with Gasteiger partial charge in [-0.3, -0.25) is 9.59 Å². The zero-order valence-corrected chi connectivity index (χ0v) is 21.0. The lowest BCUT2D eigenvalue weighted by Gasteiger charge is -2.16. The molecule has 0 aliphatic heterocycles. The minimum atomic E-state index is -0.274. The number of rotatable bonds is 14. The Balaban J connectivity index is 0.00000265. The van der Waals surface area contributed by atoms with Gasteiger partial charge in [-0.1, -0.05) is 88.2 Å². The molecule has 0 saturated heterocycles. The van der Waals surface area contributed by atoms with Gasteiger partial charge < -0.3 is 16.0 Å². The molecule has 0 aliphatic carbocycles. The first-order valence-corrected chi connectivity index (χ1v) is 12.5. The van der Waals surface area contributed by atoms with Crippen LogP contribution in [0.4, 0.5) is 0 Å². The molecule has 2 rings (SSSR count). The highest BCUT2D eigenvalue weighted by Gasteiger charge is 2.16. The molecule has 5 nitrogen and oxygen atoms in total. The first-order valence-electron chi connectivity index (χ1n) is 12.5. The van der Waals surface area contributed by atoms with Crippen LogP contribution in [0.25, 0.3) is 11.1 Å². The summed E-state index contributed by atoms with van der Waals surface area (Å²) in [7, 11) is 1.81. The molecule has 1 atom stereocenters. The first kappa shape index (κ1) is 28.4. The molecular weight excluding hydrogens is 410 g/mol. The van der Waals surface area contributed by atoms with Gasteiger partial charge in [0.15, 0.2) is 0 Å². The minimum Gasteiger partial charge on any atom is -0.356 e. The molecule has 182 valence electrons. The van der Waals surface area contributed by atoms with Gasteiger partial charge in [-0.25, -0.2) is 0 Å². The predicted molar refractivity (Wildman–Crippen MR) is 139 cm³/mol. The monoisotopic (exact) mass is 453 g/mol. The molecule has 33 heavy (non-hydrogen) atoms. The molecule has 1 unspecified atom stereocenters. The lowest BCUT2D eigenvalue weighted by Crippen LogP contribution is -2.44. The van der Waals surface area contributed by atoms with Crippen LogP contribution < -0.4 is 16.0 Å². The van der Waals surface area contributed by atoms with Gasteiger partial charge in [0.1, 0.15) is 0 Å². The van der Waals surface area contributed by atoms with Gasteiger partial charge in [-0.2, -0.15) is 0 Å². The van der Waals surface area contributed by atoms with E-state index in [1.165, 1.54) is 11.1 Å². The molecule has 0 fully saturated rings. The maximum Gasteiger partial charge on any atom is 0.237 e. The zero-order valence-electron chi connectivity index (χ0n) is 21.0. The third kappa shape index (κ3) is 11.7. The molecule has 2 amide bonds. The number of carbonyl (C=O) groups excluding carboxylic acids is 2. The van der Waals surface area contributed by atoms with E-state index in [2.05, 4.69) is 59.3 Å². The van der Waals surface area contributed by atoms with Crippen molar-refractivity contribution in [2.45, 2.75) is 71.8 Å². The van der Waals surface area contributed by atoms with E-state index in [1.807, 2.05) is 39.1 Å². The van der Waals surface area contributed by atoms with Crippen LogP contribution in [0.1, 0.15) is 64.9 Å². The van der Waals surface area contributed by atoms with Crippen LogP contribution >= 0.6 is 0 Å². The topological polar surface area (TPSA) is 70.2 Å². The van der Waals surface area contributed by atoms with Gasteiger partial charge in [0.05, 0.1) is 6.04 Å². The highest BCUT2D eigenvalue weighted by Crippen LogP contribution is 2.19. The van der Waals surface area contributed by atoms with Crippen LogP contribution in [-0.4, -0.2) is 38.0 Å². The minimum absolute atomic E-state index is 0.00125. The summed E-state index contributed by atoms with van der Waals surface area (Å²) in [5.74, 6) is 0.105. The summed E-state index contributed by atoms with van der Waals surface area (Å²) in [4.78, 5) is 24.3. The number of carbonyl (C=O) groups is 2. The van der Waals surface area contributed by atoms with E-state index in [1.54, 1.807) is 0 Å². The molecule has 0 heterocycles. The van der Waals surface area contributed by atoms with Crippen molar-refractivity contribution in [3.8, 4) is 11.1 Å². The Morgan fingerprint density at radius 1 is 0.788 bits per heavy atom. The van der Waals surface area contributed by atoms with Gasteiger partial charge in [0, 0.05) is 19.5 Å². The molecule has 0 radical (unpaired) electrons. The van der Waals surface area contributed by atoms with E-state index >= 15 is 0 Å². The van der Waals surface area contributed by atoms with E-state index in [4.69, 9.17) is 0 Å². The Hall–Kier alpha value is -2.66. The number of benzene rings is 2. The fourth-order valence-corrected chi connectivity index (χ4v) is 3.46. The lowest BCUT2D eigenvalue weighted by atomic mass is 10.0. The fourth-order valence-electron chi connectivity index (χ4n) is 3.46. The average molecular weight is 454 g/mol. The van der Waals surface area contributed by atoms with Gasteiger partial charge in [-0.05, 0) is 49.4 Å². The van der Waals surface area contributed by atoms with Crippen molar-refractivity contribution in [3.63, 3.8) is 0 Å². The quantitative estimate of drug-likeness (QED) is 0.348. The molecule has 0 aliphatic rings. The van der Waals surface area contributed by atoms with Crippen LogP contribution in [0.3, 0.4) is 0 Å². The van der Waals surface area contributed by atoms with E-state index < -0.39 is 0 Å². The molecule has 0 spiro atoms. The number of likely N-dealkylation sites (N-methyl/N-ethyl adjacent to an activating group) is 1. The molecule has 3 N–H and O–H groups in total. The Kier molecular flexibility index (Phi) is 15.3. The summed E-state index contributed by atoms with van der Waals surface area (Å²) >= 11 is 0. The van der Waals surface area contributed by atoms with Crippen molar-refractivity contribution in [2.24, 2.45) is 0 Å². The highest BCUT2D eigenvalue weighted by molar-refractivity contribution is 5.82. The largest absolute Gasteiger partial charge is 0.356 e. The van der Waals surface area contributed by atoms with Gasteiger partial charge in [-0.15, -0.1) is 0 Å². The van der Waals surface area contributed by atoms with Crippen LogP contribution in [0.15, 0.2) is 54.6 Å². The summed E-state index contributed by atoms with van der Waals surface area (Å²) in [5, 5.41) is 9.05. The number of nitrogens with one attached hydrogen (secondary N) is 3. The second-order valence-electron chi connectivity index (χ2n) is 7.91. The molecule has 2 aromatic rings. The van der Waals surface area contributed by atoms with E-state index in [-0.39, 0.29) is 17.9 Å². The fraction of sp³-hybridized carbons (Fsp3) is 0.500. The normalized spacial score (nSPS) is 11.2. The van der Waals surface area contributed by atoms with Gasteiger partial charge in [0.25, 0.3) is 0 Å². The Morgan fingerprint density at radius 2 is 1.39 bits per heavy atom. The van der Waals surface area contributed by atoms with Crippen LogP contribution in [0.5, 0.6) is 0 Å².